The molecule has 0 saturated carbocycles. The summed E-state index contributed by atoms with van der Waals surface area (Å²) in [6, 6.07) is 21.2. The summed E-state index contributed by atoms with van der Waals surface area (Å²) in [6.07, 6.45) is 0. The molecular formula is C44H52N4Si2. The molecule has 6 heteroatoms. The molecule has 0 N–H and O–H groups in total. The van der Waals surface area contributed by atoms with E-state index in [1.54, 1.807) is 0 Å². The first-order chi connectivity index (χ1) is 23.7. The minimum absolute atomic E-state index is 0.504. The maximum atomic E-state index is 5.32. The molecule has 0 amide bonds. The van der Waals surface area contributed by atoms with E-state index in [9.17, 15) is 0 Å². The van der Waals surface area contributed by atoms with Crippen molar-refractivity contribution in [3.8, 4) is 22.9 Å². The van der Waals surface area contributed by atoms with Crippen LogP contribution in [-0.2, 0) is 0 Å². The molecule has 50 heavy (non-hydrogen) atoms. The van der Waals surface area contributed by atoms with Gasteiger partial charge in [-0.3, -0.25) is 0 Å². The Bertz CT molecular complexity index is 2170. The number of para-hydroxylation sites is 2. The molecule has 2 aromatic heterocycles. The summed E-state index contributed by atoms with van der Waals surface area (Å²) in [5, 5.41) is 4.52. The van der Waals surface area contributed by atoms with E-state index in [1.165, 1.54) is 10.8 Å². The van der Waals surface area contributed by atoms with Gasteiger partial charge in [-0.1, -0.05) is 131 Å². The molecule has 0 unspecified atom stereocenters. The molecule has 2 heterocycles. The largest absolute Gasteiger partial charge is 0.224 e. The van der Waals surface area contributed by atoms with E-state index in [1.807, 2.05) is 24.3 Å². The molecule has 0 aliphatic carbocycles. The Labute approximate surface area is 301 Å². The zero-order valence-electron chi connectivity index (χ0n) is 32.0. The second-order valence-corrected chi connectivity index (χ2v) is 27.2. The first-order valence-electron chi connectivity index (χ1n) is 18.5. The van der Waals surface area contributed by atoms with Crippen molar-refractivity contribution in [3.63, 3.8) is 0 Å². The van der Waals surface area contributed by atoms with Gasteiger partial charge in [0.05, 0.1) is 22.2 Å². The third-order valence-corrected chi connectivity index (χ3v) is 24.2. The number of aromatic nitrogens is 4. The second-order valence-electron chi connectivity index (χ2n) is 16.1. The highest BCUT2D eigenvalue weighted by molar-refractivity contribution is 6.91. The topological polar surface area (TPSA) is 51.6 Å². The number of benzene rings is 4. The van der Waals surface area contributed by atoms with Crippen molar-refractivity contribution >= 4 is 71.1 Å². The lowest BCUT2D eigenvalue weighted by Gasteiger charge is -2.38. The molecule has 0 saturated heterocycles. The van der Waals surface area contributed by atoms with Gasteiger partial charge in [0.15, 0.2) is 11.3 Å². The Kier molecular flexibility index (Phi) is 9.68. The number of hydrogen-bond acceptors (Lipinski definition) is 4. The first-order valence-corrected chi connectivity index (χ1v) is 23.0. The minimum Gasteiger partial charge on any atom is -0.224 e. The molecule has 0 aliphatic rings. The van der Waals surface area contributed by atoms with Crippen molar-refractivity contribution in [2.75, 3.05) is 0 Å². The van der Waals surface area contributed by atoms with Gasteiger partial charge in [0.1, 0.15) is 27.2 Å². The Balaban J connectivity index is 1.85. The Morgan fingerprint density at radius 2 is 0.760 bits per heavy atom. The molecule has 6 aromatic rings. The lowest BCUT2D eigenvalue weighted by molar-refractivity contribution is 0.838. The van der Waals surface area contributed by atoms with Crippen LogP contribution in [0.3, 0.4) is 0 Å². The SMILES string of the molecule is CC(C)[Si](C#Cc1c2cc3ccccc3cc2c(C#C[Si](C(C)C)(C(C)C)C(C)C)c2nc3nc4ccccc4nc3nc12)(C(C)C)C(C)C. The summed E-state index contributed by atoms with van der Waals surface area (Å²) in [4.78, 5) is 20.6. The standard InChI is InChI=1S/C44H52N4Si2/c1-27(2)49(28(3)4,29(5)6)23-21-35-37-25-33-17-13-14-18-34(33)26-38(37)36(22-24-50(30(7)8,31(9)10)32(11)12)42-41(35)47-43-44(48-42)46-40-20-16-15-19-39(40)45-43/h13-20,25-32H,1-12H3. The third-order valence-electron chi connectivity index (χ3n) is 11.6. The zero-order valence-corrected chi connectivity index (χ0v) is 34.0. The van der Waals surface area contributed by atoms with Crippen LogP contribution >= 0.6 is 0 Å². The smallest absolute Gasteiger partial charge is 0.199 e. The van der Waals surface area contributed by atoms with Gasteiger partial charge in [-0.15, -0.1) is 11.1 Å². The Morgan fingerprint density at radius 3 is 1.08 bits per heavy atom. The van der Waals surface area contributed by atoms with Crippen LogP contribution in [0.4, 0.5) is 0 Å². The maximum absolute atomic E-state index is 5.32. The molecule has 0 fully saturated rings. The van der Waals surface area contributed by atoms with Gasteiger partial charge in [-0.25, -0.2) is 19.9 Å². The third kappa shape index (κ3) is 5.81. The van der Waals surface area contributed by atoms with Crippen LogP contribution in [0.2, 0.25) is 33.2 Å². The fraction of sp³-hybridized carbons (Fsp3) is 0.409. The molecular weight excluding hydrogens is 641 g/mol. The lowest BCUT2D eigenvalue weighted by Crippen LogP contribution is -2.43. The fourth-order valence-electron chi connectivity index (χ4n) is 9.17. The van der Waals surface area contributed by atoms with Gasteiger partial charge < -0.3 is 0 Å². The van der Waals surface area contributed by atoms with Crippen LogP contribution in [0.15, 0.2) is 60.7 Å². The Morgan fingerprint density at radius 1 is 0.440 bits per heavy atom. The van der Waals surface area contributed by atoms with E-state index in [2.05, 4.69) is 142 Å². The van der Waals surface area contributed by atoms with Gasteiger partial charge >= 0.3 is 0 Å². The molecule has 6 rings (SSSR count). The first kappa shape index (κ1) is 35.7. The molecule has 0 aliphatic heterocycles. The molecule has 0 bridgehead atoms. The highest BCUT2D eigenvalue weighted by Crippen LogP contribution is 2.43. The van der Waals surface area contributed by atoms with E-state index in [0.717, 1.165) is 44.0 Å². The van der Waals surface area contributed by atoms with Crippen LogP contribution in [0.5, 0.6) is 0 Å². The quantitative estimate of drug-likeness (QED) is 0.0990. The second kappa shape index (κ2) is 13.6. The predicted octanol–water partition coefficient (Wildman–Crippen LogP) is 12.2. The van der Waals surface area contributed by atoms with Crippen LogP contribution in [0, 0.1) is 22.9 Å². The van der Waals surface area contributed by atoms with Crippen molar-refractivity contribution in [2.45, 2.75) is 116 Å². The average Bonchev–Trinajstić information content (AvgIpc) is 3.05. The molecule has 4 nitrogen and oxygen atoms in total. The van der Waals surface area contributed by atoms with Gasteiger partial charge in [0, 0.05) is 10.8 Å². The zero-order chi connectivity index (χ0) is 36.1. The van der Waals surface area contributed by atoms with Crippen molar-refractivity contribution in [1.29, 1.82) is 0 Å². The predicted molar refractivity (Wildman–Crippen MR) is 221 cm³/mol. The van der Waals surface area contributed by atoms with Crippen molar-refractivity contribution in [2.24, 2.45) is 0 Å². The fourth-order valence-corrected chi connectivity index (χ4v) is 19.6. The summed E-state index contributed by atoms with van der Waals surface area (Å²) in [5.74, 6) is 7.72. The summed E-state index contributed by atoms with van der Waals surface area (Å²) in [5.41, 5.74) is 17.2. The lowest BCUT2D eigenvalue weighted by atomic mass is 9.94. The van der Waals surface area contributed by atoms with Gasteiger partial charge in [-0.05, 0) is 68.3 Å². The summed E-state index contributed by atoms with van der Waals surface area (Å²) < 4.78 is 0. The van der Waals surface area contributed by atoms with E-state index < -0.39 is 16.1 Å². The molecule has 0 spiro atoms. The molecule has 0 radical (unpaired) electrons. The number of hydrogen-bond donors (Lipinski definition) is 0. The van der Waals surface area contributed by atoms with E-state index in [4.69, 9.17) is 19.9 Å². The average molecular weight is 693 g/mol. The van der Waals surface area contributed by atoms with Crippen LogP contribution in [0.25, 0.3) is 54.9 Å². The van der Waals surface area contributed by atoms with Crippen molar-refractivity contribution < 1.29 is 0 Å². The number of rotatable bonds is 6. The maximum Gasteiger partial charge on any atom is 0.199 e. The van der Waals surface area contributed by atoms with Crippen LogP contribution in [-0.4, -0.2) is 36.1 Å². The van der Waals surface area contributed by atoms with Gasteiger partial charge in [0.2, 0.25) is 0 Å². The van der Waals surface area contributed by atoms with Crippen molar-refractivity contribution in [1.82, 2.24) is 19.9 Å². The van der Waals surface area contributed by atoms with Gasteiger partial charge in [0.25, 0.3) is 0 Å². The van der Waals surface area contributed by atoms with Crippen LogP contribution < -0.4 is 0 Å². The highest BCUT2D eigenvalue weighted by Gasteiger charge is 2.43. The van der Waals surface area contributed by atoms with E-state index in [-0.39, 0.29) is 0 Å². The number of fused-ring (bicyclic) bond motifs is 5. The van der Waals surface area contributed by atoms with E-state index in [0.29, 0.717) is 44.5 Å². The molecule has 256 valence electrons. The van der Waals surface area contributed by atoms with Crippen LogP contribution in [0.1, 0.15) is 94.2 Å². The van der Waals surface area contributed by atoms with Gasteiger partial charge in [-0.2, -0.15) is 0 Å². The summed E-state index contributed by atoms with van der Waals surface area (Å²) in [6.45, 7) is 28.4. The van der Waals surface area contributed by atoms with E-state index >= 15 is 0 Å². The minimum atomic E-state index is -2.08. The molecule has 0 atom stereocenters. The van der Waals surface area contributed by atoms with Crippen molar-refractivity contribution in [3.05, 3.63) is 71.8 Å². The number of nitrogens with zero attached hydrogens (tertiary/aromatic N) is 4. The molecule has 4 aromatic carbocycles. The Hall–Kier alpha value is -4.11. The highest BCUT2D eigenvalue weighted by atomic mass is 28.3. The normalized spacial score (nSPS) is 12.8. The summed E-state index contributed by atoms with van der Waals surface area (Å²) in [7, 11) is -4.16. The monoisotopic (exact) mass is 692 g/mol. The summed E-state index contributed by atoms with van der Waals surface area (Å²) >= 11 is 0.